The number of unbranched alkanes of at least 4 members (excludes halogenated alkanes) is 6. The van der Waals surface area contributed by atoms with Crippen LogP contribution in [0.1, 0.15) is 94.7 Å². The predicted octanol–water partition coefficient (Wildman–Crippen LogP) is 16.6. The van der Waals surface area contributed by atoms with Gasteiger partial charge < -0.3 is 4.90 Å². The zero-order valence-electron chi connectivity index (χ0n) is 35.1. The maximum absolute atomic E-state index is 2.55. The summed E-state index contributed by atoms with van der Waals surface area (Å²) in [6, 6.07) is 61.4. The molecule has 0 N–H and O–H groups in total. The van der Waals surface area contributed by atoms with E-state index in [4.69, 9.17) is 0 Å². The highest BCUT2D eigenvalue weighted by molar-refractivity contribution is 5.85. The second kappa shape index (κ2) is 17.9. The molecular formula is C57H59N. The van der Waals surface area contributed by atoms with E-state index in [2.05, 4.69) is 197 Å². The van der Waals surface area contributed by atoms with Crippen LogP contribution in [0.15, 0.2) is 164 Å². The molecule has 58 heavy (non-hydrogen) atoms. The van der Waals surface area contributed by atoms with E-state index in [0.717, 1.165) is 0 Å². The molecule has 0 saturated carbocycles. The second-order valence-corrected chi connectivity index (χ2v) is 16.7. The van der Waals surface area contributed by atoms with Crippen LogP contribution in [0.25, 0.3) is 55.6 Å². The Bertz CT molecular complexity index is 2420. The number of anilines is 2. The number of benzene rings is 7. The van der Waals surface area contributed by atoms with E-state index in [0.29, 0.717) is 0 Å². The predicted molar refractivity (Wildman–Crippen MR) is 251 cm³/mol. The van der Waals surface area contributed by atoms with Gasteiger partial charge in [0.25, 0.3) is 0 Å². The summed E-state index contributed by atoms with van der Waals surface area (Å²) in [6.07, 6.45) is 12.8. The summed E-state index contributed by atoms with van der Waals surface area (Å²) in [6.45, 7) is 6.79. The molecule has 1 aliphatic carbocycles. The van der Waals surface area contributed by atoms with E-state index in [1.54, 1.807) is 11.1 Å². The van der Waals surface area contributed by atoms with Crippen molar-refractivity contribution in [2.45, 2.75) is 90.4 Å². The molecule has 8 rings (SSSR count). The highest BCUT2D eigenvalue weighted by atomic mass is 15.1. The van der Waals surface area contributed by atoms with Crippen LogP contribution in [0, 0.1) is 6.92 Å². The first-order chi connectivity index (χ1) is 28.5. The minimum absolute atomic E-state index is 0.0783. The van der Waals surface area contributed by atoms with Crippen molar-refractivity contribution in [1.29, 1.82) is 0 Å². The highest BCUT2D eigenvalue weighted by Gasteiger charge is 2.42. The molecular weight excluding hydrogens is 699 g/mol. The Morgan fingerprint density at radius 1 is 0.379 bits per heavy atom. The van der Waals surface area contributed by atoms with Crippen molar-refractivity contribution in [2.24, 2.45) is 0 Å². The lowest BCUT2D eigenvalue weighted by Gasteiger charge is -2.33. The lowest BCUT2D eigenvalue weighted by Crippen LogP contribution is -2.26. The van der Waals surface area contributed by atoms with Crippen LogP contribution in [0.5, 0.6) is 0 Å². The van der Waals surface area contributed by atoms with Gasteiger partial charge in [0.1, 0.15) is 0 Å². The van der Waals surface area contributed by atoms with Crippen molar-refractivity contribution < 1.29 is 0 Å². The average Bonchev–Trinajstić information content (AvgIpc) is 3.55. The monoisotopic (exact) mass is 757 g/mol. The van der Waals surface area contributed by atoms with Crippen molar-refractivity contribution in [3.05, 3.63) is 180 Å². The summed E-state index contributed by atoms with van der Waals surface area (Å²) in [5.74, 6) is 0. The number of hydrogen-bond acceptors (Lipinski definition) is 1. The first-order valence-corrected chi connectivity index (χ1v) is 21.9. The molecule has 292 valence electrons. The van der Waals surface area contributed by atoms with Crippen molar-refractivity contribution in [1.82, 2.24) is 0 Å². The van der Waals surface area contributed by atoms with E-state index in [-0.39, 0.29) is 5.41 Å². The maximum atomic E-state index is 2.55. The van der Waals surface area contributed by atoms with E-state index >= 15 is 0 Å². The van der Waals surface area contributed by atoms with Gasteiger partial charge in [-0.05, 0) is 135 Å². The standard InChI is InChI=1S/C57H59N/c1-5-7-9-16-35-57(36-17-10-8-6-2)55-24-15-14-23-53(55)54-34-33-52(41-56(54)57)58(4)51-31-29-45(30-32-51)49-38-48(44-27-25-42(3)26-28-44)39-50(40-49)47-22-18-21-46(37-47)43-19-12-11-13-20-43/h11-15,18-34,37-41H,5-10,16-17,35-36H2,1-4H3. The SMILES string of the molecule is CCCCCCC1(CCCCCC)c2ccccc2-c2ccc(N(C)c3ccc(-c4cc(-c5ccc(C)cc5)cc(-c5cccc(-c6ccccc6)c5)c4)cc3)cc21. The fourth-order valence-corrected chi connectivity index (χ4v) is 9.43. The molecule has 0 aromatic heterocycles. The zero-order chi connectivity index (χ0) is 39.9. The lowest BCUT2D eigenvalue weighted by atomic mass is 9.70. The topological polar surface area (TPSA) is 3.24 Å². The molecule has 0 aliphatic heterocycles. The van der Waals surface area contributed by atoms with Gasteiger partial charge in [0, 0.05) is 23.8 Å². The Morgan fingerprint density at radius 2 is 0.862 bits per heavy atom. The minimum atomic E-state index is 0.0783. The third kappa shape index (κ3) is 8.19. The molecule has 0 fully saturated rings. The van der Waals surface area contributed by atoms with E-state index in [1.165, 1.54) is 137 Å². The molecule has 1 aliphatic rings. The molecule has 0 saturated heterocycles. The number of fused-ring (bicyclic) bond motifs is 3. The quantitative estimate of drug-likeness (QED) is 0.0888. The van der Waals surface area contributed by atoms with Crippen LogP contribution in [0.4, 0.5) is 11.4 Å². The van der Waals surface area contributed by atoms with Gasteiger partial charge in [-0.1, -0.05) is 186 Å². The molecule has 1 nitrogen and oxygen atoms in total. The Morgan fingerprint density at radius 3 is 1.50 bits per heavy atom. The smallest absolute Gasteiger partial charge is 0.0411 e. The van der Waals surface area contributed by atoms with Crippen LogP contribution >= 0.6 is 0 Å². The second-order valence-electron chi connectivity index (χ2n) is 16.7. The van der Waals surface area contributed by atoms with Crippen molar-refractivity contribution in [3.63, 3.8) is 0 Å². The van der Waals surface area contributed by atoms with E-state index in [9.17, 15) is 0 Å². The molecule has 0 unspecified atom stereocenters. The van der Waals surface area contributed by atoms with E-state index in [1.807, 2.05) is 0 Å². The summed E-state index contributed by atoms with van der Waals surface area (Å²) < 4.78 is 0. The van der Waals surface area contributed by atoms with Crippen molar-refractivity contribution >= 4 is 11.4 Å². The van der Waals surface area contributed by atoms with Crippen molar-refractivity contribution in [3.8, 4) is 55.6 Å². The Hall–Kier alpha value is -5.66. The first-order valence-electron chi connectivity index (χ1n) is 21.9. The summed E-state index contributed by atoms with van der Waals surface area (Å²) >= 11 is 0. The van der Waals surface area contributed by atoms with Crippen LogP contribution in [0.2, 0.25) is 0 Å². The molecule has 0 heterocycles. The fraction of sp³-hybridized carbons (Fsp3) is 0.263. The van der Waals surface area contributed by atoms with Gasteiger partial charge in [-0.2, -0.15) is 0 Å². The van der Waals surface area contributed by atoms with Gasteiger partial charge in [0.15, 0.2) is 0 Å². The lowest BCUT2D eigenvalue weighted by molar-refractivity contribution is 0.401. The first kappa shape index (κ1) is 39.2. The summed E-state index contributed by atoms with van der Waals surface area (Å²) in [7, 11) is 2.23. The molecule has 0 radical (unpaired) electrons. The minimum Gasteiger partial charge on any atom is -0.345 e. The molecule has 0 amide bonds. The van der Waals surface area contributed by atoms with Crippen LogP contribution in [0.3, 0.4) is 0 Å². The fourth-order valence-electron chi connectivity index (χ4n) is 9.43. The molecule has 0 spiro atoms. The van der Waals surface area contributed by atoms with Crippen LogP contribution in [-0.4, -0.2) is 7.05 Å². The van der Waals surface area contributed by atoms with Crippen LogP contribution in [-0.2, 0) is 5.41 Å². The van der Waals surface area contributed by atoms with Gasteiger partial charge >= 0.3 is 0 Å². The number of rotatable bonds is 16. The largest absolute Gasteiger partial charge is 0.345 e. The van der Waals surface area contributed by atoms with Gasteiger partial charge in [-0.15, -0.1) is 0 Å². The average molecular weight is 758 g/mol. The van der Waals surface area contributed by atoms with E-state index < -0.39 is 0 Å². The number of nitrogens with zero attached hydrogens (tertiary/aromatic N) is 1. The molecule has 7 aromatic rings. The third-order valence-corrected chi connectivity index (χ3v) is 12.8. The number of aryl methyl sites for hydroxylation is 1. The zero-order valence-corrected chi connectivity index (χ0v) is 35.1. The third-order valence-electron chi connectivity index (χ3n) is 12.8. The Kier molecular flexibility index (Phi) is 12.1. The molecule has 1 heteroatoms. The Balaban J connectivity index is 1.13. The molecule has 7 aromatic carbocycles. The summed E-state index contributed by atoms with van der Waals surface area (Å²) in [4.78, 5) is 2.38. The normalized spacial score (nSPS) is 12.6. The Labute approximate surface area is 348 Å². The molecule has 0 atom stereocenters. The van der Waals surface area contributed by atoms with Gasteiger partial charge in [0.2, 0.25) is 0 Å². The maximum Gasteiger partial charge on any atom is 0.0411 e. The summed E-state index contributed by atoms with van der Waals surface area (Å²) in [5, 5.41) is 0. The van der Waals surface area contributed by atoms with Crippen molar-refractivity contribution in [2.75, 3.05) is 11.9 Å². The highest BCUT2D eigenvalue weighted by Crippen LogP contribution is 2.55. The van der Waals surface area contributed by atoms with Crippen LogP contribution < -0.4 is 4.90 Å². The van der Waals surface area contributed by atoms with Gasteiger partial charge in [-0.3, -0.25) is 0 Å². The summed E-state index contributed by atoms with van der Waals surface area (Å²) in [5.41, 5.74) is 19.6. The number of hydrogen-bond donors (Lipinski definition) is 0. The van der Waals surface area contributed by atoms with Gasteiger partial charge in [0.05, 0.1) is 0 Å². The molecule has 0 bridgehead atoms. The van der Waals surface area contributed by atoms with Gasteiger partial charge in [-0.25, -0.2) is 0 Å².